The number of nitrogens with one attached hydrogen (secondary N) is 1. The Labute approximate surface area is 260 Å². The summed E-state index contributed by atoms with van der Waals surface area (Å²) in [5, 5.41) is 17.8. The van der Waals surface area contributed by atoms with Crippen molar-refractivity contribution in [2.24, 2.45) is 22.0 Å². The molecule has 1 aliphatic carbocycles. The van der Waals surface area contributed by atoms with E-state index in [9.17, 15) is 0 Å². The van der Waals surface area contributed by atoms with E-state index in [1.54, 1.807) is 11.3 Å². The van der Waals surface area contributed by atoms with E-state index in [4.69, 9.17) is 33.4 Å². The predicted molar refractivity (Wildman–Crippen MR) is 174 cm³/mol. The van der Waals surface area contributed by atoms with Crippen LogP contribution in [-0.4, -0.2) is 10.3 Å². The molecule has 2 aliphatic rings. The summed E-state index contributed by atoms with van der Waals surface area (Å²) in [7, 11) is 0. The number of fused-ring (bicyclic) bond motifs is 2. The molecule has 1 saturated carbocycles. The number of halogens is 2. The summed E-state index contributed by atoms with van der Waals surface area (Å²) in [5.74, 6) is 0.493. The quantitative estimate of drug-likeness (QED) is 0.198. The fourth-order valence-corrected chi connectivity index (χ4v) is 7.60. The molecule has 1 aromatic heterocycles. The predicted octanol–water partition coefficient (Wildman–Crippen LogP) is 9.27. The van der Waals surface area contributed by atoms with Crippen molar-refractivity contribution in [1.82, 2.24) is 9.88 Å². The fraction of sp³-hybridized carbons (Fsp3) is 0.200. The Hall–Kier alpha value is -3.48. The third-order valence-corrected chi connectivity index (χ3v) is 9.78. The molecule has 0 spiro atoms. The number of piperidine rings is 1. The van der Waals surface area contributed by atoms with E-state index in [2.05, 4.69) is 88.1 Å². The number of benzene rings is 4. The molecule has 2 bridgehead atoms. The van der Waals surface area contributed by atoms with Crippen molar-refractivity contribution in [2.75, 3.05) is 0 Å². The summed E-state index contributed by atoms with van der Waals surface area (Å²) in [5.41, 5.74) is 6.94. The van der Waals surface area contributed by atoms with Crippen LogP contribution in [0.5, 0.6) is 0 Å². The van der Waals surface area contributed by atoms with Crippen LogP contribution in [0.3, 0.4) is 0 Å². The molecule has 4 atom stereocenters. The highest BCUT2D eigenvalue weighted by Crippen LogP contribution is 2.46. The zero-order valence-corrected chi connectivity index (χ0v) is 25.2. The highest BCUT2D eigenvalue weighted by Gasteiger charge is 2.45. The third kappa shape index (κ3) is 5.38. The summed E-state index contributed by atoms with van der Waals surface area (Å²) in [6.07, 6.45) is 3.29. The van der Waals surface area contributed by atoms with E-state index in [0.29, 0.717) is 0 Å². The van der Waals surface area contributed by atoms with Crippen LogP contribution in [-0.2, 0) is 0 Å². The van der Waals surface area contributed by atoms with Gasteiger partial charge in [-0.05, 0) is 65.9 Å². The lowest BCUT2D eigenvalue weighted by atomic mass is 9.67. The maximum Gasteiger partial charge on any atom is 0.215 e. The molecule has 5 aromatic rings. The molecule has 7 heteroatoms. The van der Waals surface area contributed by atoms with Gasteiger partial charge in [0.05, 0.1) is 11.4 Å². The summed E-state index contributed by atoms with van der Waals surface area (Å²) < 4.78 is 2.22. The maximum absolute atomic E-state index is 6.28. The van der Waals surface area contributed by atoms with Crippen molar-refractivity contribution in [3.05, 3.63) is 141 Å². The van der Waals surface area contributed by atoms with Gasteiger partial charge in [-0.2, -0.15) is 5.10 Å². The number of thiazole rings is 1. The normalized spacial score (nSPS) is 23.3. The van der Waals surface area contributed by atoms with Gasteiger partial charge < -0.3 is 5.32 Å². The molecule has 4 aromatic carbocycles. The van der Waals surface area contributed by atoms with E-state index >= 15 is 0 Å². The monoisotopic (exact) mass is 608 g/mol. The lowest BCUT2D eigenvalue weighted by Crippen LogP contribution is -2.50. The van der Waals surface area contributed by atoms with Crippen LogP contribution in [0.15, 0.2) is 125 Å². The standard InChI is InChI=1S/C35H30Cl2N4S/c36-26-18-14-24(15-19-26)32-29-12-7-13-30(33(38-32)25-16-20-27(37)21-17-25)34(29)39-40-35-41(28-10-5-2-6-11-28)31(22-42-35)23-8-3-1-4-9-23/h1-6,8-11,14-22,29-30,32-33,38H,7,12-13H2/b39-34?,40-35-/t29-,30+,32+,33-. The lowest BCUT2D eigenvalue weighted by Gasteiger charge is -2.47. The third-order valence-electron chi connectivity index (χ3n) is 8.46. The molecule has 210 valence electrons. The van der Waals surface area contributed by atoms with Gasteiger partial charge in [0, 0.05) is 45.0 Å². The van der Waals surface area contributed by atoms with E-state index < -0.39 is 0 Å². The van der Waals surface area contributed by atoms with Crippen LogP contribution in [0, 0.1) is 11.8 Å². The summed E-state index contributed by atoms with van der Waals surface area (Å²) in [4.78, 5) is 0.857. The first-order chi connectivity index (χ1) is 20.7. The highest BCUT2D eigenvalue weighted by atomic mass is 35.5. The van der Waals surface area contributed by atoms with Gasteiger partial charge in [-0.1, -0.05) is 102 Å². The van der Waals surface area contributed by atoms with E-state index in [-0.39, 0.29) is 23.9 Å². The minimum Gasteiger partial charge on any atom is -0.302 e. The van der Waals surface area contributed by atoms with E-state index in [1.807, 2.05) is 36.4 Å². The minimum absolute atomic E-state index is 0.109. The van der Waals surface area contributed by atoms with E-state index in [1.165, 1.54) is 16.8 Å². The van der Waals surface area contributed by atoms with E-state index in [0.717, 1.165) is 51.1 Å². The molecule has 2 fully saturated rings. The molecule has 0 amide bonds. The molecule has 1 aliphatic heterocycles. The highest BCUT2D eigenvalue weighted by molar-refractivity contribution is 7.07. The fourth-order valence-electron chi connectivity index (χ4n) is 6.49. The maximum atomic E-state index is 6.28. The number of rotatable bonds is 5. The average molecular weight is 610 g/mol. The van der Waals surface area contributed by atoms with Crippen LogP contribution in [0.25, 0.3) is 16.9 Å². The van der Waals surface area contributed by atoms with Crippen LogP contribution >= 0.6 is 34.5 Å². The van der Waals surface area contributed by atoms with Gasteiger partial charge in [0.2, 0.25) is 4.80 Å². The Balaban J connectivity index is 1.37. The molecule has 4 nitrogen and oxygen atoms in total. The van der Waals surface area contributed by atoms with Crippen molar-refractivity contribution in [3.63, 3.8) is 0 Å². The van der Waals surface area contributed by atoms with Crippen LogP contribution in [0.4, 0.5) is 0 Å². The smallest absolute Gasteiger partial charge is 0.215 e. The zero-order chi connectivity index (χ0) is 28.5. The number of hydrogen-bond donors (Lipinski definition) is 1. The lowest BCUT2D eigenvalue weighted by molar-refractivity contribution is 0.233. The largest absolute Gasteiger partial charge is 0.302 e. The van der Waals surface area contributed by atoms with Crippen molar-refractivity contribution in [2.45, 2.75) is 31.3 Å². The number of hydrogen-bond acceptors (Lipinski definition) is 4. The van der Waals surface area contributed by atoms with Crippen molar-refractivity contribution in [1.29, 1.82) is 0 Å². The molecule has 2 heterocycles. The Morgan fingerprint density at radius 1 is 0.667 bits per heavy atom. The molecular weight excluding hydrogens is 579 g/mol. The second-order valence-electron chi connectivity index (χ2n) is 10.9. The van der Waals surface area contributed by atoms with Crippen molar-refractivity contribution < 1.29 is 0 Å². The molecule has 0 radical (unpaired) electrons. The Morgan fingerprint density at radius 3 is 1.79 bits per heavy atom. The van der Waals surface area contributed by atoms with Gasteiger partial charge in [0.25, 0.3) is 0 Å². The molecule has 1 N–H and O–H groups in total. The van der Waals surface area contributed by atoms with Crippen LogP contribution < -0.4 is 10.1 Å². The zero-order valence-electron chi connectivity index (χ0n) is 22.9. The summed E-state index contributed by atoms with van der Waals surface area (Å²) in [6.45, 7) is 0. The van der Waals surface area contributed by atoms with Gasteiger partial charge in [-0.25, -0.2) is 0 Å². The first kappa shape index (κ1) is 27.4. The van der Waals surface area contributed by atoms with Gasteiger partial charge in [-0.15, -0.1) is 16.4 Å². The topological polar surface area (TPSA) is 41.7 Å². The molecule has 1 saturated heterocycles. The first-order valence-electron chi connectivity index (χ1n) is 14.4. The van der Waals surface area contributed by atoms with Gasteiger partial charge in [0.15, 0.2) is 0 Å². The summed E-state index contributed by atoms with van der Waals surface area (Å²) in [6, 6.07) is 37.6. The molecule has 42 heavy (non-hydrogen) atoms. The number of aromatic nitrogens is 1. The number of nitrogens with zero attached hydrogens (tertiary/aromatic N) is 3. The minimum atomic E-state index is 0.109. The number of para-hydroxylation sites is 1. The second kappa shape index (κ2) is 12.0. The first-order valence-corrected chi connectivity index (χ1v) is 16.0. The second-order valence-corrected chi connectivity index (χ2v) is 12.6. The van der Waals surface area contributed by atoms with Crippen molar-refractivity contribution in [3.8, 4) is 16.9 Å². The van der Waals surface area contributed by atoms with Crippen molar-refractivity contribution >= 4 is 40.3 Å². The summed E-state index contributed by atoms with van der Waals surface area (Å²) >= 11 is 14.2. The van der Waals surface area contributed by atoms with Gasteiger partial charge in [0.1, 0.15) is 0 Å². The Kier molecular flexibility index (Phi) is 7.83. The van der Waals surface area contributed by atoms with Crippen LogP contribution in [0.2, 0.25) is 10.0 Å². The molecular formula is C35H30Cl2N4S. The molecule has 7 rings (SSSR count). The van der Waals surface area contributed by atoms with Gasteiger partial charge in [-0.3, -0.25) is 4.57 Å². The Morgan fingerprint density at radius 2 is 1.21 bits per heavy atom. The average Bonchev–Trinajstić information content (AvgIpc) is 3.46. The SMILES string of the molecule is Clc1ccc([C@H]2N[C@@H](c3ccc(Cl)cc3)[C@H]3CCC[C@@H]2C3=N/N=c2\scc(-c3ccccc3)n2-c2ccccc2)cc1. The Bertz CT molecular complexity index is 1700. The van der Waals surface area contributed by atoms with Crippen LogP contribution in [0.1, 0.15) is 42.5 Å². The molecule has 0 unspecified atom stereocenters. The van der Waals surface area contributed by atoms with Gasteiger partial charge >= 0.3 is 0 Å².